The second-order valence-electron chi connectivity index (χ2n) is 12.9. The first-order valence-corrected chi connectivity index (χ1v) is 16.5. The molecule has 1 saturated carbocycles. The normalized spacial score (nSPS) is 32.3. The lowest BCUT2D eigenvalue weighted by molar-refractivity contribution is -0.146. The van der Waals surface area contributed by atoms with Crippen molar-refractivity contribution in [2.45, 2.75) is 108 Å². The van der Waals surface area contributed by atoms with Gasteiger partial charge in [0.15, 0.2) is 6.10 Å². The number of nitrogens with zero attached hydrogens (tertiary/aromatic N) is 2. The van der Waals surface area contributed by atoms with E-state index in [4.69, 9.17) is 4.74 Å². The maximum atomic E-state index is 13.7. The third-order valence-corrected chi connectivity index (χ3v) is 9.89. The highest BCUT2D eigenvalue weighted by Crippen LogP contribution is 2.45. The fourth-order valence-corrected chi connectivity index (χ4v) is 7.36. The van der Waals surface area contributed by atoms with Crippen molar-refractivity contribution in [3.63, 3.8) is 0 Å². The minimum absolute atomic E-state index is 0.225. The average Bonchev–Trinajstić information content (AvgIpc) is 3.35. The number of piperazine rings is 1. The summed E-state index contributed by atoms with van der Waals surface area (Å²) >= 11 is 0. The minimum atomic E-state index is -4.13. The van der Waals surface area contributed by atoms with Gasteiger partial charge < -0.3 is 25.6 Å². The molecule has 0 bridgehead atoms. The van der Waals surface area contributed by atoms with Gasteiger partial charge in [-0.15, -0.1) is 0 Å². The number of fused-ring (bicyclic) bond motifs is 2. The summed E-state index contributed by atoms with van der Waals surface area (Å²) in [5, 5.41) is 8.69. The van der Waals surface area contributed by atoms with E-state index in [-0.39, 0.29) is 24.9 Å². The van der Waals surface area contributed by atoms with Crippen LogP contribution in [0.5, 0.6) is 0 Å². The number of amides is 4. The van der Waals surface area contributed by atoms with Crippen molar-refractivity contribution in [2.75, 3.05) is 26.2 Å². The fraction of sp³-hybridized carbons (Fsp3) is 0.786. The molecule has 14 heteroatoms. The summed E-state index contributed by atoms with van der Waals surface area (Å²) in [6.45, 7) is 8.68. The van der Waals surface area contributed by atoms with Gasteiger partial charge in [0.1, 0.15) is 11.6 Å². The largest absolute Gasteiger partial charge is 0.436 e. The van der Waals surface area contributed by atoms with Gasteiger partial charge in [0.2, 0.25) is 5.91 Å². The molecule has 0 aromatic heterocycles. The van der Waals surface area contributed by atoms with Crippen LogP contribution in [0, 0.1) is 5.92 Å². The van der Waals surface area contributed by atoms with Crippen LogP contribution in [0.4, 0.5) is 4.79 Å². The van der Waals surface area contributed by atoms with Crippen molar-refractivity contribution in [1.82, 2.24) is 29.9 Å². The number of hydrogen-bond donors (Lipinski definition) is 4. The van der Waals surface area contributed by atoms with Crippen molar-refractivity contribution < 1.29 is 32.3 Å². The molecule has 0 aromatic carbocycles. The van der Waals surface area contributed by atoms with Crippen LogP contribution in [-0.4, -0.2) is 96.9 Å². The van der Waals surface area contributed by atoms with Gasteiger partial charge in [-0.1, -0.05) is 18.6 Å². The lowest BCUT2D eigenvalue weighted by atomic mass is 10.1. The third-order valence-electron chi connectivity index (χ3n) is 8.28. The lowest BCUT2D eigenvalue weighted by Crippen LogP contribution is -2.60. The predicted octanol–water partition coefficient (Wildman–Crippen LogP) is 0.921. The molecule has 0 aromatic rings. The zero-order valence-electron chi connectivity index (χ0n) is 25.1. The van der Waals surface area contributed by atoms with E-state index >= 15 is 0 Å². The molecule has 236 valence electrons. The summed E-state index contributed by atoms with van der Waals surface area (Å²) in [5.74, 6) is -2.11. The topological polar surface area (TPSA) is 166 Å². The van der Waals surface area contributed by atoms with Gasteiger partial charge in [-0.25, -0.2) is 9.52 Å². The molecular formula is C28H46N6O7S. The zero-order valence-corrected chi connectivity index (χ0v) is 25.9. The van der Waals surface area contributed by atoms with Gasteiger partial charge in [0.25, 0.3) is 11.8 Å². The van der Waals surface area contributed by atoms with Crippen molar-refractivity contribution in [3.8, 4) is 0 Å². The lowest BCUT2D eigenvalue weighted by Gasteiger charge is -2.33. The summed E-state index contributed by atoms with van der Waals surface area (Å²) in [6.07, 6.45) is 6.65. The minimum Gasteiger partial charge on any atom is -0.436 e. The summed E-state index contributed by atoms with van der Waals surface area (Å²) in [5.41, 5.74) is -1.98. The van der Waals surface area contributed by atoms with Crippen molar-refractivity contribution in [1.29, 1.82) is 0 Å². The third kappa shape index (κ3) is 7.62. The zero-order chi connectivity index (χ0) is 30.7. The number of alkyl carbamates (subject to hydrolysis) is 1. The second kappa shape index (κ2) is 12.9. The Labute approximate surface area is 248 Å². The van der Waals surface area contributed by atoms with Crippen LogP contribution in [0.3, 0.4) is 0 Å². The fourth-order valence-electron chi connectivity index (χ4n) is 5.95. The van der Waals surface area contributed by atoms with Crippen LogP contribution in [0.2, 0.25) is 0 Å². The molecule has 4 amide bonds. The van der Waals surface area contributed by atoms with E-state index in [0.29, 0.717) is 45.3 Å². The molecule has 0 spiro atoms. The number of carbonyl (C=O) groups is 4. The Balaban J connectivity index is 1.54. The maximum Gasteiger partial charge on any atom is 0.408 e. The Morgan fingerprint density at radius 1 is 1.10 bits per heavy atom. The highest BCUT2D eigenvalue weighted by atomic mass is 32.2. The van der Waals surface area contributed by atoms with E-state index in [1.165, 1.54) is 9.21 Å². The molecule has 4 aliphatic rings. The first-order valence-electron chi connectivity index (χ1n) is 15.1. The molecule has 13 nitrogen and oxygen atoms in total. The Hall–Kier alpha value is -2.71. The molecule has 3 fully saturated rings. The number of hydrogen-bond acceptors (Lipinski definition) is 8. The first-order chi connectivity index (χ1) is 19.7. The second-order valence-corrected chi connectivity index (χ2v) is 14.5. The smallest absolute Gasteiger partial charge is 0.408 e. The molecule has 3 aliphatic heterocycles. The number of rotatable bonds is 4. The molecule has 4 rings (SSSR count). The molecule has 2 saturated heterocycles. The summed E-state index contributed by atoms with van der Waals surface area (Å²) in [6, 6.07) is -1.20. The molecule has 42 heavy (non-hydrogen) atoms. The van der Waals surface area contributed by atoms with Crippen LogP contribution in [0.1, 0.15) is 79.1 Å². The van der Waals surface area contributed by atoms with Crippen molar-refractivity contribution in [2.24, 2.45) is 5.92 Å². The summed E-state index contributed by atoms with van der Waals surface area (Å²) in [7, 11) is -4.13. The Morgan fingerprint density at radius 3 is 2.57 bits per heavy atom. The molecule has 5 atom stereocenters. The van der Waals surface area contributed by atoms with E-state index in [9.17, 15) is 27.6 Å². The molecule has 5 unspecified atom stereocenters. The molecule has 4 N–H and O–H groups in total. The Bertz CT molecular complexity index is 1190. The van der Waals surface area contributed by atoms with E-state index < -0.39 is 57.2 Å². The van der Waals surface area contributed by atoms with E-state index in [1.54, 1.807) is 6.92 Å². The van der Waals surface area contributed by atoms with E-state index in [0.717, 1.165) is 19.3 Å². The van der Waals surface area contributed by atoms with Crippen LogP contribution in [0.15, 0.2) is 12.2 Å². The maximum absolute atomic E-state index is 13.7. The molecule has 3 heterocycles. The van der Waals surface area contributed by atoms with Gasteiger partial charge in [-0.05, 0) is 72.6 Å². The Morgan fingerprint density at radius 2 is 1.86 bits per heavy atom. The number of nitrogens with one attached hydrogen (secondary N) is 4. The van der Waals surface area contributed by atoms with Gasteiger partial charge in [-0.3, -0.25) is 14.4 Å². The SMILES string of the molecule is CC1CNCCN1S(=O)(=O)NC(=O)C12CC1/C=C/CCCCCC(OC(=O)NC(C)(C)C)C(=O)N1CCCC1C(=O)N2. The van der Waals surface area contributed by atoms with Crippen molar-refractivity contribution >= 4 is 34.0 Å². The van der Waals surface area contributed by atoms with Crippen LogP contribution in [0.25, 0.3) is 0 Å². The molecule has 0 radical (unpaired) electrons. The summed E-state index contributed by atoms with van der Waals surface area (Å²) in [4.78, 5) is 54.9. The average molecular weight is 611 g/mol. The van der Waals surface area contributed by atoms with Crippen molar-refractivity contribution in [3.05, 3.63) is 12.2 Å². The van der Waals surface area contributed by atoms with Crippen LogP contribution >= 0.6 is 0 Å². The van der Waals surface area contributed by atoms with Gasteiger partial charge >= 0.3 is 16.3 Å². The number of allylic oxidation sites excluding steroid dienone is 1. The van der Waals surface area contributed by atoms with Crippen LogP contribution < -0.4 is 20.7 Å². The highest BCUT2D eigenvalue weighted by molar-refractivity contribution is 7.87. The molecule has 1 aliphatic carbocycles. The van der Waals surface area contributed by atoms with E-state index in [2.05, 4.69) is 20.7 Å². The Kier molecular flexibility index (Phi) is 9.88. The van der Waals surface area contributed by atoms with Gasteiger partial charge in [-0.2, -0.15) is 12.7 Å². The number of carbonyl (C=O) groups excluding carboxylic acids is 4. The standard InChI is InChI=1S/C28H46N6O7S/c1-19-18-29-14-16-34(19)42(39,40)32-25(37)28-17-20(28)11-8-6-5-7-9-13-22(41-26(38)31-27(2,3)4)24(36)33-15-10-12-21(33)23(35)30-28/h8,11,19-22,29H,5-7,9-10,12-18H2,1-4H3,(H,30,35)(H,31,38)(H,32,37)/b11-8+. The first kappa shape index (κ1) is 32.2. The highest BCUT2D eigenvalue weighted by Gasteiger charge is 2.61. The quantitative estimate of drug-likeness (QED) is 0.341. The van der Waals surface area contributed by atoms with Gasteiger partial charge in [0.05, 0.1) is 0 Å². The van der Waals surface area contributed by atoms with Crippen LogP contribution in [-0.2, 0) is 29.3 Å². The van der Waals surface area contributed by atoms with Gasteiger partial charge in [0, 0.05) is 43.7 Å². The number of ether oxygens (including phenoxy) is 1. The predicted molar refractivity (Wildman–Crippen MR) is 155 cm³/mol. The monoisotopic (exact) mass is 610 g/mol. The summed E-state index contributed by atoms with van der Waals surface area (Å²) < 4.78 is 35.4. The van der Waals surface area contributed by atoms with E-state index in [1.807, 2.05) is 32.9 Å². The molecular weight excluding hydrogens is 564 g/mol.